The number of hydrogen-bond donors (Lipinski definition) is 1. The number of hydrogen-bond acceptors (Lipinski definition) is 2. The molecule has 96 valence electrons. The molecular formula is C14H15ClO3. The Morgan fingerprint density at radius 2 is 2.17 bits per heavy atom. The monoisotopic (exact) mass is 266 g/mol. The van der Waals surface area contributed by atoms with Crippen LogP contribution in [0.1, 0.15) is 31.2 Å². The Kier molecular flexibility index (Phi) is 3.71. The number of halogens is 1. The first-order valence-corrected chi connectivity index (χ1v) is 6.43. The maximum atomic E-state index is 12.0. The third kappa shape index (κ3) is 2.41. The summed E-state index contributed by atoms with van der Waals surface area (Å²) in [6.45, 7) is 0. The van der Waals surface area contributed by atoms with E-state index in [9.17, 15) is 14.7 Å². The number of ketones is 1. The van der Waals surface area contributed by atoms with Crippen molar-refractivity contribution in [2.24, 2.45) is 5.41 Å². The topological polar surface area (TPSA) is 54.4 Å². The fourth-order valence-electron chi connectivity index (χ4n) is 2.58. The van der Waals surface area contributed by atoms with Gasteiger partial charge in [-0.2, -0.15) is 0 Å². The molecule has 0 amide bonds. The van der Waals surface area contributed by atoms with Gasteiger partial charge in [0.05, 0.1) is 0 Å². The van der Waals surface area contributed by atoms with Gasteiger partial charge in [0.1, 0.15) is 5.41 Å². The van der Waals surface area contributed by atoms with E-state index in [1.807, 2.05) is 6.07 Å². The molecule has 1 aromatic rings. The summed E-state index contributed by atoms with van der Waals surface area (Å²) in [5, 5.41) is 10.0. The van der Waals surface area contributed by atoms with E-state index in [4.69, 9.17) is 11.6 Å². The number of Topliss-reactive ketones (excluding diaryl/α,β-unsaturated/α-hetero) is 1. The zero-order valence-corrected chi connectivity index (χ0v) is 10.7. The van der Waals surface area contributed by atoms with Gasteiger partial charge < -0.3 is 5.11 Å². The number of carboxylic acids is 1. The number of carbonyl (C=O) groups is 2. The molecule has 0 spiro atoms. The van der Waals surface area contributed by atoms with Crippen LogP contribution in [-0.2, 0) is 16.0 Å². The Balaban J connectivity index is 2.31. The highest BCUT2D eigenvalue weighted by molar-refractivity contribution is 6.30. The normalized spacial score (nSPS) is 23.9. The van der Waals surface area contributed by atoms with Crippen LogP contribution in [0.25, 0.3) is 0 Å². The highest BCUT2D eigenvalue weighted by Gasteiger charge is 2.46. The van der Waals surface area contributed by atoms with Crippen LogP contribution in [0.2, 0.25) is 5.02 Å². The van der Waals surface area contributed by atoms with E-state index in [1.54, 1.807) is 18.2 Å². The molecule has 1 unspecified atom stereocenters. The summed E-state index contributed by atoms with van der Waals surface area (Å²) in [6, 6.07) is 7.06. The van der Waals surface area contributed by atoms with Crippen LogP contribution in [0.4, 0.5) is 0 Å². The molecular weight excluding hydrogens is 252 g/mol. The molecule has 1 fully saturated rings. The van der Waals surface area contributed by atoms with E-state index < -0.39 is 11.4 Å². The van der Waals surface area contributed by atoms with Crippen LogP contribution in [-0.4, -0.2) is 16.9 Å². The molecule has 0 heterocycles. The molecule has 1 aromatic carbocycles. The van der Waals surface area contributed by atoms with Crippen LogP contribution in [0.3, 0.4) is 0 Å². The first kappa shape index (κ1) is 13.1. The van der Waals surface area contributed by atoms with Gasteiger partial charge in [0.2, 0.25) is 0 Å². The Morgan fingerprint density at radius 1 is 1.39 bits per heavy atom. The van der Waals surface area contributed by atoms with Gasteiger partial charge in [0.25, 0.3) is 0 Å². The fraction of sp³-hybridized carbons (Fsp3) is 0.429. The molecule has 1 N–H and O–H groups in total. The Hall–Kier alpha value is -1.35. The second kappa shape index (κ2) is 5.11. The lowest BCUT2D eigenvalue weighted by Gasteiger charge is -2.31. The largest absolute Gasteiger partial charge is 0.480 e. The molecule has 2 rings (SSSR count). The molecule has 0 aromatic heterocycles. The number of carbonyl (C=O) groups excluding carboxylic acids is 1. The third-order valence-electron chi connectivity index (χ3n) is 3.60. The Labute approximate surface area is 111 Å². The maximum Gasteiger partial charge on any atom is 0.317 e. The van der Waals surface area contributed by atoms with Gasteiger partial charge in [-0.3, -0.25) is 9.59 Å². The summed E-state index contributed by atoms with van der Waals surface area (Å²) in [6.07, 6.45) is 2.62. The first-order valence-electron chi connectivity index (χ1n) is 6.06. The average Bonchev–Trinajstić information content (AvgIpc) is 2.32. The predicted molar refractivity (Wildman–Crippen MR) is 68.7 cm³/mol. The van der Waals surface area contributed by atoms with Crippen LogP contribution in [0, 0.1) is 5.41 Å². The highest BCUT2D eigenvalue weighted by Crippen LogP contribution is 2.37. The highest BCUT2D eigenvalue weighted by atomic mass is 35.5. The zero-order valence-electron chi connectivity index (χ0n) is 9.99. The third-order valence-corrected chi connectivity index (χ3v) is 3.83. The summed E-state index contributed by atoms with van der Waals surface area (Å²) in [5.41, 5.74) is -0.441. The quantitative estimate of drug-likeness (QED) is 0.856. The Morgan fingerprint density at radius 3 is 2.78 bits per heavy atom. The summed E-state index contributed by atoms with van der Waals surface area (Å²) in [5.74, 6) is -1.16. The smallest absolute Gasteiger partial charge is 0.317 e. The van der Waals surface area contributed by atoms with E-state index in [0.29, 0.717) is 17.9 Å². The lowest BCUT2D eigenvalue weighted by molar-refractivity contribution is -0.157. The van der Waals surface area contributed by atoms with Crippen molar-refractivity contribution in [3.8, 4) is 0 Å². The number of rotatable bonds is 3. The van der Waals surface area contributed by atoms with Crippen LogP contribution < -0.4 is 0 Å². The first-order chi connectivity index (χ1) is 8.54. The second-order valence-electron chi connectivity index (χ2n) is 4.82. The van der Waals surface area contributed by atoms with Crippen molar-refractivity contribution < 1.29 is 14.7 Å². The minimum Gasteiger partial charge on any atom is -0.480 e. The van der Waals surface area contributed by atoms with Gasteiger partial charge in [-0.15, -0.1) is 0 Å². The zero-order chi connectivity index (χ0) is 13.2. The average molecular weight is 267 g/mol. The molecule has 1 aliphatic carbocycles. The van der Waals surface area contributed by atoms with Crippen molar-refractivity contribution >= 4 is 23.4 Å². The van der Waals surface area contributed by atoms with Crippen molar-refractivity contribution in [3.63, 3.8) is 0 Å². The SMILES string of the molecule is O=C(O)C1(Cc2cccc(Cl)c2)CCCCC1=O. The molecule has 3 nitrogen and oxygen atoms in total. The molecule has 1 aliphatic rings. The van der Waals surface area contributed by atoms with Crippen molar-refractivity contribution in [1.82, 2.24) is 0 Å². The van der Waals surface area contributed by atoms with E-state index in [2.05, 4.69) is 0 Å². The molecule has 0 saturated heterocycles. The van der Waals surface area contributed by atoms with Crippen molar-refractivity contribution in [3.05, 3.63) is 34.9 Å². The van der Waals surface area contributed by atoms with E-state index in [0.717, 1.165) is 18.4 Å². The number of carboxylic acid groups (broad SMARTS) is 1. The van der Waals surface area contributed by atoms with Gasteiger partial charge >= 0.3 is 5.97 Å². The molecule has 18 heavy (non-hydrogen) atoms. The van der Waals surface area contributed by atoms with Crippen LogP contribution >= 0.6 is 11.6 Å². The van der Waals surface area contributed by atoms with E-state index in [1.165, 1.54) is 0 Å². The molecule has 4 heteroatoms. The van der Waals surface area contributed by atoms with Crippen molar-refractivity contribution in [2.45, 2.75) is 32.1 Å². The minimum atomic E-state index is -1.25. The Bertz CT molecular complexity index is 484. The summed E-state index contributed by atoms with van der Waals surface area (Å²) < 4.78 is 0. The lowest BCUT2D eigenvalue weighted by Crippen LogP contribution is -2.43. The summed E-state index contributed by atoms with van der Waals surface area (Å²) in [4.78, 5) is 23.6. The van der Waals surface area contributed by atoms with Crippen molar-refractivity contribution in [2.75, 3.05) is 0 Å². The molecule has 1 saturated carbocycles. The van der Waals surface area contributed by atoms with Gasteiger partial charge in [-0.25, -0.2) is 0 Å². The fourth-order valence-corrected chi connectivity index (χ4v) is 2.79. The van der Waals surface area contributed by atoms with Gasteiger partial charge in [0, 0.05) is 11.4 Å². The molecule has 0 bridgehead atoms. The molecule has 0 radical (unpaired) electrons. The number of benzene rings is 1. The second-order valence-corrected chi connectivity index (χ2v) is 5.26. The van der Waals surface area contributed by atoms with Gasteiger partial charge in [0.15, 0.2) is 5.78 Å². The number of aliphatic carboxylic acids is 1. The lowest BCUT2D eigenvalue weighted by atomic mass is 9.69. The molecule has 0 aliphatic heterocycles. The van der Waals surface area contributed by atoms with Crippen molar-refractivity contribution in [1.29, 1.82) is 0 Å². The summed E-state index contributed by atoms with van der Waals surface area (Å²) in [7, 11) is 0. The summed E-state index contributed by atoms with van der Waals surface area (Å²) >= 11 is 5.89. The molecule has 1 atom stereocenters. The minimum absolute atomic E-state index is 0.152. The van der Waals surface area contributed by atoms with Gasteiger partial charge in [-0.05, 0) is 37.0 Å². The van der Waals surface area contributed by atoms with E-state index >= 15 is 0 Å². The van der Waals surface area contributed by atoms with Crippen LogP contribution in [0.5, 0.6) is 0 Å². The maximum absolute atomic E-state index is 12.0. The van der Waals surface area contributed by atoms with Gasteiger partial charge in [-0.1, -0.05) is 30.2 Å². The standard InChI is InChI=1S/C14H15ClO3/c15-11-5-3-4-10(8-11)9-14(13(17)18)7-2-1-6-12(14)16/h3-5,8H,1-2,6-7,9H2,(H,17,18). The van der Waals surface area contributed by atoms with Crippen LogP contribution in [0.15, 0.2) is 24.3 Å². The van der Waals surface area contributed by atoms with E-state index in [-0.39, 0.29) is 12.2 Å². The predicted octanol–water partition coefficient (Wildman–Crippen LogP) is 3.10.